The van der Waals surface area contributed by atoms with Crippen LogP contribution in [0.4, 0.5) is 11.5 Å². The normalized spacial score (nSPS) is 13.6. The van der Waals surface area contributed by atoms with E-state index >= 15 is 0 Å². The van der Waals surface area contributed by atoms with E-state index in [9.17, 15) is 19.7 Å². The Morgan fingerprint density at radius 3 is 2.57 bits per heavy atom. The lowest BCUT2D eigenvalue weighted by Gasteiger charge is -2.27. The first-order chi connectivity index (χ1) is 16.8. The van der Waals surface area contributed by atoms with Crippen LogP contribution in [0.5, 0.6) is 0 Å². The van der Waals surface area contributed by atoms with E-state index in [0.29, 0.717) is 45.7 Å². The first-order valence-corrected chi connectivity index (χ1v) is 11.7. The number of rotatable bonds is 10. The van der Waals surface area contributed by atoms with E-state index in [1.807, 2.05) is 6.07 Å². The van der Waals surface area contributed by atoms with Crippen molar-refractivity contribution >= 4 is 39.8 Å². The zero-order chi connectivity index (χ0) is 25.1. The Hall–Kier alpha value is -4.08. The number of benzene rings is 2. The smallest absolute Gasteiger partial charge is 0.343 e. The molecular formula is C25H28N6O4. The Bertz CT molecular complexity index is 1320. The maximum Gasteiger partial charge on any atom is 0.343 e. The molecule has 1 N–H and O–H groups in total. The molecular weight excluding hydrogens is 448 g/mol. The molecule has 0 saturated carbocycles. The van der Waals surface area contributed by atoms with E-state index in [2.05, 4.69) is 22.4 Å². The summed E-state index contributed by atoms with van der Waals surface area (Å²) < 4.78 is 1.48. The highest BCUT2D eigenvalue weighted by atomic mass is 16.6. The molecule has 0 saturated heterocycles. The van der Waals surface area contributed by atoms with E-state index in [4.69, 9.17) is 0 Å². The van der Waals surface area contributed by atoms with E-state index < -0.39 is 4.92 Å². The van der Waals surface area contributed by atoms with Gasteiger partial charge in [0, 0.05) is 35.4 Å². The second kappa shape index (κ2) is 10.0. The molecule has 0 bridgehead atoms. The van der Waals surface area contributed by atoms with Crippen molar-refractivity contribution in [2.75, 3.05) is 12.0 Å². The first-order valence-electron chi connectivity index (χ1n) is 11.7. The Labute approximate surface area is 202 Å². The summed E-state index contributed by atoms with van der Waals surface area (Å²) in [5, 5.41) is 17.0. The van der Waals surface area contributed by atoms with E-state index in [1.54, 1.807) is 38.1 Å². The molecule has 2 amide bonds. The van der Waals surface area contributed by atoms with Gasteiger partial charge in [0.1, 0.15) is 12.7 Å². The van der Waals surface area contributed by atoms with Crippen LogP contribution in [0.2, 0.25) is 0 Å². The van der Waals surface area contributed by atoms with Crippen molar-refractivity contribution in [2.24, 2.45) is 5.10 Å². The molecule has 0 radical (unpaired) electrons. The number of hydrazone groups is 1. The number of imide groups is 1. The molecule has 2 heterocycles. The van der Waals surface area contributed by atoms with Crippen LogP contribution in [0.15, 0.2) is 41.6 Å². The van der Waals surface area contributed by atoms with E-state index in [-0.39, 0.29) is 24.2 Å². The largest absolute Gasteiger partial charge is 0.358 e. The Balaban J connectivity index is 1.60. The summed E-state index contributed by atoms with van der Waals surface area (Å²) >= 11 is 0. The molecule has 182 valence electrons. The molecule has 4 rings (SSSR count). The predicted octanol–water partition coefficient (Wildman–Crippen LogP) is 4.92. The van der Waals surface area contributed by atoms with Crippen LogP contribution in [-0.4, -0.2) is 43.4 Å². The van der Waals surface area contributed by atoms with Crippen molar-refractivity contribution in [3.63, 3.8) is 0 Å². The fourth-order valence-corrected chi connectivity index (χ4v) is 4.36. The number of aryl methyl sites for hydroxylation is 1. The third kappa shape index (κ3) is 4.64. The van der Waals surface area contributed by atoms with Gasteiger partial charge >= 0.3 is 5.82 Å². The van der Waals surface area contributed by atoms with Crippen LogP contribution in [0.3, 0.4) is 0 Å². The third-order valence-electron chi connectivity index (χ3n) is 6.20. The lowest BCUT2D eigenvalue weighted by molar-refractivity contribution is -0.392. The molecule has 1 aliphatic rings. The first kappa shape index (κ1) is 24.1. The van der Waals surface area contributed by atoms with Gasteiger partial charge in [-0.1, -0.05) is 38.3 Å². The van der Waals surface area contributed by atoms with Gasteiger partial charge in [-0.15, -0.1) is 0 Å². The topological polar surface area (TPSA) is 123 Å². The predicted molar refractivity (Wildman–Crippen MR) is 134 cm³/mol. The van der Waals surface area contributed by atoms with Crippen LogP contribution in [0.25, 0.3) is 10.8 Å². The number of carbonyl (C=O) groups is 2. The molecule has 10 nitrogen and oxygen atoms in total. The average Bonchev–Trinajstić information content (AvgIpc) is 3.20. The monoisotopic (exact) mass is 476 g/mol. The summed E-state index contributed by atoms with van der Waals surface area (Å²) in [6.07, 6.45) is 5.15. The Kier molecular flexibility index (Phi) is 6.90. The molecule has 1 aliphatic heterocycles. The highest BCUT2D eigenvalue weighted by Gasteiger charge is 2.32. The number of hydrogen-bond acceptors (Lipinski definition) is 7. The number of aromatic nitrogens is 2. The second-order valence-corrected chi connectivity index (χ2v) is 8.68. The highest BCUT2D eigenvalue weighted by Crippen LogP contribution is 2.34. The second-order valence-electron chi connectivity index (χ2n) is 8.68. The summed E-state index contributed by atoms with van der Waals surface area (Å²) in [5.41, 5.74) is 5.25. The van der Waals surface area contributed by atoms with Crippen molar-refractivity contribution in [1.29, 1.82) is 0 Å². The van der Waals surface area contributed by atoms with Crippen molar-refractivity contribution in [2.45, 2.75) is 53.0 Å². The van der Waals surface area contributed by atoms with E-state index in [0.717, 1.165) is 25.7 Å². The molecule has 35 heavy (non-hydrogen) atoms. The number of nitrogens with zero attached hydrogens (tertiary/aromatic N) is 5. The minimum Gasteiger partial charge on any atom is -0.358 e. The van der Waals surface area contributed by atoms with E-state index in [1.165, 1.54) is 15.7 Å². The number of amides is 2. The van der Waals surface area contributed by atoms with Gasteiger partial charge in [0.05, 0.1) is 11.4 Å². The number of anilines is 1. The van der Waals surface area contributed by atoms with Gasteiger partial charge in [-0.05, 0) is 36.5 Å². The molecule has 3 aromatic rings. The maximum atomic E-state index is 13.1. The molecule has 0 unspecified atom stereocenters. The fourth-order valence-electron chi connectivity index (χ4n) is 4.36. The number of nitrogens with one attached hydrogen (secondary N) is 1. The Morgan fingerprint density at radius 1 is 1.11 bits per heavy atom. The van der Waals surface area contributed by atoms with Crippen LogP contribution in [0, 0.1) is 17.0 Å². The minimum absolute atomic E-state index is 0.102. The van der Waals surface area contributed by atoms with Crippen molar-refractivity contribution in [3.05, 3.63) is 63.6 Å². The summed E-state index contributed by atoms with van der Waals surface area (Å²) in [4.78, 5) is 42.4. The van der Waals surface area contributed by atoms with Gasteiger partial charge in [-0.3, -0.25) is 19.9 Å². The third-order valence-corrected chi connectivity index (χ3v) is 6.20. The fraction of sp³-hybridized carbons (Fsp3) is 0.360. The van der Waals surface area contributed by atoms with Gasteiger partial charge in [-0.25, -0.2) is 9.55 Å². The quantitative estimate of drug-likeness (QED) is 0.146. The average molecular weight is 477 g/mol. The van der Waals surface area contributed by atoms with Gasteiger partial charge < -0.3 is 10.1 Å². The molecule has 10 heteroatoms. The SMILES string of the molecule is CCCCCCN1C(=O)c2cccc3c(N/N=C(\C)Cn4c([N+](=O)[O-])cnc4C)ccc(c23)C1=O. The number of nitro groups is 1. The molecule has 0 atom stereocenters. The zero-order valence-corrected chi connectivity index (χ0v) is 20.1. The van der Waals surface area contributed by atoms with Gasteiger partial charge in [-0.2, -0.15) is 5.10 Å². The lowest BCUT2D eigenvalue weighted by atomic mass is 9.93. The summed E-state index contributed by atoms with van der Waals surface area (Å²) in [5.74, 6) is -0.132. The van der Waals surface area contributed by atoms with Crippen LogP contribution >= 0.6 is 0 Å². The molecule has 0 spiro atoms. The summed E-state index contributed by atoms with van der Waals surface area (Å²) in [7, 11) is 0. The Morgan fingerprint density at radius 2 is 1.86 bits per heavy atom. The summed E-state index contributed by atoms with van der Waals surface area (Å²) in [6, 6.07) is 8.88. The number of unbranched alkanes of at least 4 members (excludes halogenated alkanes) is 3. The van der Waals surface area contributed by atoms with Crippen molar-refractivity contribution in [3.8, 4) is 0 Å². The molecule has 1 aromatic heterocycles. The standard InChI is InChI=1S/C25H28N6O4/c1-4-5-6-7-13-29-24(32)19-10-8-9-18-21(12-11-20(23(18)19)25(29)33)28-27-16(2)15-30-17(3)26-14-22(30)31(34)35/h8-12,14,28H,4-7,13,15H2,1-3H3/b27-16+. The molecule has 2 aromatic carbocycles. The number of hydrogen-bond donors (Lipinski definition) is 1. The number of imidazole rings is 1. The maximum absolute atomic E-state index is 13.1. The van der Waals surface area contributed by atoms with Crippen LogP contribution in [0.1, 0.15) is 66.1 Å². The van der Waals surface area contributed by atoms with Crippen molar-refractivity contribution in [1.82, 2.24) is 14.5 Å². The van der Waals surface area contributed by atoms with Gasteiger partial charge in [0.15, 0.2) is 5.82 Å². The summed E-state index contributed by atoms with van der Waals surface area (Å²) in [6.45, 7) is 6.18. The van der Waals surface area contributed by atoms with Gasteiger partial charge in [0.25, 0.3) is 11.8 Å². The highest BCUT2D eigenvalue weighted by molar-refractivity contribution is 6.26. The molecule has 0 fully saturated rings. The molecule has 0 aliphatic carbocycles. The van der Waals surface area contributed by atoms with Crippen LogP contribution < -0.4 is 5.43 Å². The number of carbonyl (C=O) groups excluding carboxylic acids is 2. The minimum atomic E-state index is -0.478. The zero-order valence-electron chi connectivity index (χ0n) is 20.1. The van der Waals surface area contributed by atoms with Crippen molar-refractivity contribution < 1.29 is 14.5 Å². The van der Waals surface area contributed by atoms with Crippen LogP contribution in [-0.2, 0) is 6.54 Å². The van der Waals surface area contributed by atoms with Gasteiger partial charge in [0.2, 0.25) is 0 Å². The lowest BCUT2D eigenvalue weighted by Crippen LogP contribution is -2.40.